The quantitative estimate of drug-likeness (QED) is 0.788. The van der Waals surface area contributed by atoms with Crippen molar-refractivity contribution in [2.45, 2.75) is 13.5 Å². The Balaban J connectivity index is 1.97. The van der Waals surface area contributed by atoms with Crippen molar-refractivity contribution in [3.8, 4) is 22.8 Å². The van der Waals surface area contributed by atoms with Gasteiger partial charge in [0, 0.05) is 23.9 Å². The van der Waals surface area contributed by atoms with Crippen molar-refractivity contribution >= 4 is 0 Å². The molecule has 0 fully saturated rings. The highest BCUT2D eigenvalue weighted by Crippen LogP contribution is 2.22. The Bertz CT molecular complexity index is 736. The summed E-state index contributed by atoms with van der Waals surface area (Å²) in [4.78, 5) is 8.57. The summed E-state index contributed by atoms with van der Waals surface area (Å²) in [7, 11) is 0. The van der Waals surface area contributed by atoms with Crippen LogP contribution in [0.15, 0.2) is 47.1 Å². The topological polar surface area (TPSA) is 77.8 Å². The second-order valence-electron chi connectivity index (χ2n) is 4.53. The van der Waals surface area contributed by atoms with E-state index in [0.717, 1.165) is 22.4 Å². The lowest BCUT2D eigenvalue weighted by molar-refractivity contribution is 0.432. The monoisotopic (exact) mass is 266 g/mol. The lowest BCUT2D eigenvalue weighted by Crippen LogP contribution is -1.98. The fraction of sp³-hybridized carbons (Fsp3) is 0.133. The number of aryl methyl sites for hydroxylation is 1. The van der Waals surface area contributed by atoms with Crippen LogP contribution < -0.4 is 5.73 Å². The Hall–Kier alpha value is -2.53. The van der Waals surface area contributed by atoms with Gasteiger partial charge >= 0.3 is 0 Å². The van der Waals surface area contributed by atoms with Gasteiger partial charge in [-0.05, 0) is 25.1 Å². The van der Waals surface area contributed by atoms with E-state index in [-0.39, 0.29) is 0 Å². The molecule has 100 valence electrons. The Morgan fingerprint density at radius 2 is 2.05 bits per heavy atom. The average molecular weight is 266 g/mol. The van der Waals surface area contributed by atoms with Crippen molar-refractivity contribution in [3.63, 3.8) is 0 Å². The molecule has 1 aromatic carbocycles. The first-order valence-electron chi connectivity index (χ1n) is 6.32. The smallest absolute Gasteiger partial charge is 0.258 e. The molecule has 0 saturated heterocycles. The third-order valence-electron chi connectivity index (χ3n) is 2.97. The van der Waals surface area contributed by atoms with Crippen LogP contribution in [0, 0.1) is 6.92 Å². The van der Waals surface area contributed by atoms with Gasteiger partial charge in [-0.15, -0.1) is 0 Å². The minimum absolute atomic E-state index is 0.382. The molecular formula is C15H14N4O. The van der Waals surface area contributed by atoms with E-state index in [2.05, 4.69) is 15.1 Å². The molecule has 2 aromatic heterocycles. The molecule has 0 spiro atoms. The molecule has 0 amide bonds. The summed E-state index contributed by atoms with van der Waals surface area (Å²) in [5.41, 5.74) is 9.29. The van der Waals surface area contributed by atoms with Crippen molar-refractivity contribution < 1.29 is 4.52 Å². The highest BCUT2D eigenvalue weighted by atomic mass is 16.5. The van der Waals surface area contributed by atoms with Crippen LogP contribution in [0.1, 0.15) is 11.3 Å². The molecule has 5 heteroatoms. The van der Waals surface area contributed by atoms with E-state index >= 15 is 0 Å². The van der Waals surface area contributed by atoms with Gasteiger partial charge in [0.05, 0.1) is 5.69 Å². The molecule has 0 radical (unpaired) electrons. The zero-order valence-electron chi connectivity index (χ0n) is 11.1. The maximum absolute atomic E-state index is 5.58. The van der Waals surface area contributed by atoms with E-state index in [1.54, 1.807) is 6.20 Å². The van der Waals surface area contributed by atoms with E-state index in [1.807, 2.05) is 43.3 Å². The largest absolute Gasteiger partial charge is 0.334 e. The van der Waals surface area contributed by atoms with E-state index in [0.29, 0.717) is 18.3 Å². The molecular weight excluding hydrogens is 252 g/mol. The van der Waals surface area contributed by atoms with Crippen molar-refractivity contribution in [1.82, 2.24) is 15.1 Å². The molecule has 2 N–H and O–H groups in total. The summed E-state index contributed by atoms with van der Waals surface area (Å²) in [5, 5.41) is 4.02. The minimum Gasteiger partial charge on any atom is -0.334 e. The Labute approximate surface area is 116 Å². The third-order valence-corrected chi connectivity index (χ3v) is 2.97. The summed E-state index contributed by atoms with van der Waals surface area (Å²) in [6.45, 7) is 2.41. The number of nitrogens with two attached hydrogens (primary N) is 1. The number of hydrogen-bond donors (Lipinski definition) is 1. The lowest BCUT2D eigenvalue weighted by atomic mass is 10.1. The number of benzene rings is 1. The maximum Gasteiger partial charge on any atom is 0.258 e. The standard InChI is InChI=1S/C15H14N4O/c1-10-3-2-4-11(7-10)14-18-15(20-19-14)12-5-6-17-13(8-12)9-16/h2-8H,9,16H2,1H3. The number of hydrogen-bond acceptors (Lipinski definition) is 5. The summed E-state index contributed by atoms with van der Waals surface area (Å²) in [5.74, 6) is 1.05. The van der Waals surface area contributed by atoms with E-state index in [9.17, 15) is 0 Å². The summed E-state index contributed by atoms with van der Waals surface area (Å²) < 4.78 is 5.31. The van der Waals surface area contributed by atoms with Crippen LogP contribution in [0.3, 0.4) is 0 Å². The molecule has 0 aliphatic heterocycles. The number of pyridine rings is 1. The van der Waals surface area contributed by atoms with Crippen LogP contribution in [0.4, 0.5) is 0 Å². The van der Waals surface area contributed by atoms with Crippen LogP contribution in [-0.4, -0.2) is 15.1 Å². The zero-order chi connectivity index (χ0) is 13.9. The molecule has 0 unspecified atom stereocenters. The second-order valence-corrected chi connectivity index (χ2v) is 4.53. The van der Waals surface area contributed by atoms with E-state index in [4.69, 9.17) is 10.3 Å². The molecule has 0 bridgehead atoms. The van der Waals surface area contributed by atoms with Crippen molar-refractivity contribution in [1.29, 1.82) is 0 Å². The molecule has 2 heterocycles. The van der Waals surface area contributed by atoms with Crippen LogP contribution in [0.5, 0.6) is 0 Å². The third kappa shape index (κ3) is 2.44. The maximum atomic E-state index is 5.58. The van der Waals surface area contributed by atoms with E-state index < -0.39 is 0 Å². The molecule has 0 saturated carbocycles. The first kappa shape index (κ1) is 12.5. The molecule has 20 heavy (non-hydrogen) atoms. The normalized spacial score (nSPS) is 10.7. The van der Waals surface area contributed by atoms with Crippen molar-refractivity contribution in [3.05, 3.63) is 53.9 Å². The van der Waals surface area contributed by atoms with Gasteiger partial charge in [0.2, 0.25) is 5.82 Å². The van der Waals surface area contributed by atoms with E-state index in [1.165, 1.54) is 0 Å². The average Bonchev–Trinajstić information content (AvgIpc) is 2.97. The SMILES string of the molecule is Cc1cccc(-c2noc(-c3ccnc(CN)c3)n2)c1. The number of aromatic nitrogens is 3. The van der Waals surface area contributed by atoms with Gasteiger partial charge in [-0.3, -0.25) is 4.98 Å². The van der Waals surface area contributed by atoms with Crippen molar-refractivity contribution in [2.75, 3.05) is 0 Å². The van der Waals surface area contributed by atoms with Gasteiger partial charge in [0.1, 0.15) is 0 Å². The highest BCUT2D eigenvalue weighted by Gasteiger charge is 2.11. The van der Waals surface area contributed by atoms with Crippen molar-refractivity contribution in [2.24, 2.45) is 5.73 Å². The van der Waals surface area contributed by atoms with Gasteiger partial charge in [-0.25, -0.2) is 0 Å². The molecule has 0 aliphatic rings. The van der Waals surface area contributed by atoms with Gasteiger partial charge in [-0.2, -0.15) is 4.98 Å². The van der Waals surface area contributed by atoms with Crippen LogP contribution >= 0.6 is 0 Å². The lowest BCUT2D eigenvalue weighted by Gasteiger charge is -1.97. The highest BCUT2D eigenvalue weighted by molar-refractivity contribution is 5.60. The summed E-state index contributed by atoms with van der Waals surface area (Å²) in [6, 6.07) is 11.7. The van der Waals surface area contributed by atoms with Crippen LogP contribution in [0.25, 0.3) is 22.8 Å². The van der Waals surface area contributed by atoms with Crippen LogP contribution in [-0.2, 0) is 6.54 Å². The van der Waals surface area contributed by atoms with Crippen LogP contribution in [0.2, 0.25) is 0 Å². The predicted octanol–water partition coefficient (Wildman–Crippen LogP) is 2.57. The fourth-order valence-electron chi connectivity index (χ4n) is 1.96. The summed E-state index contributed by atoms with van der Waals surface area (Å²) in [6.07, 6.45) is 1.69. The second kappa shape index (κ2) is 5.22. The predicted molar refractivity (Wildman–Crippen MR) is 75.6 cm³/mol. The Morgan fingerprint density at radius 3 is 2.85 bits per heavy atom. The first-order chi connectivity index (χ1) is 9.76. The Kier molecular flexibility index (Phi) is 3.26. The zero-order valence-corrected chi connectivity index (χ0v) is 11.1. The minimum atomic E-state index is 0.382. The van der Waals surface area contributed by atoms with Gasteiger partial charge in [-0.1, -0.05) is 28.9 Å². The molecule has 5 nitrogen and oxygen atoms in total. The molecule has 3 aromatic rings. The Morgan fingerprint density at radius 1 is 1.15 bits per heavy atom. The van der Waals surface area contributed by atoms with Gasteiger partial charge in [0.25, 0.3) is 5.89 Å². The first-order valence-corrected chi connectivity index (χ1v) is 6.32. The summed E-state index contributed by atoms with van der Waals surface area (Å²) >= 11 is 0. The van der Waals surface area contributed by atoms with Gasteiger partial charge < -0.3 is 10.3 Å². The molecule has 0 aliphatic carbocycles. The molecule has 0 atom stereocenters. The molecule has 3 rings (SSSR count). The van der Waals surface area contributed by atoms with Gasteiger partial charge in [0.15, 0.2) is 0 Å². The fourth-order valence-corrected chi connectivity index (χ4v) is 1.96. The number of rotatable bonds is 3. The number of nitrogens with zero attached hydrogens (tertiary/aromatic N) is 3.